The van der Waals surface area contributed by atoms with Gasteiger partial charge >= 0.3 is 5.97 Å². The second-order valence-electron chi connectivity index (χ2n) is 5.75. The SMILES string of the molecule is CC(C(=O)O)N1C(=O)C(Cc2cccc(N)c2)Oc2ccccc21. The molecule has 124 valence electrons. The molecule has 1 amide bonds. The third-order valence-electron chi connectivity index (χ3n) is 4.02. The molecular formula is C18H18N2O4. The van der Waals surface area contributed by atoms with Gasteiger partial charge in [0, 0.05) is 12.1 Å². The van der Waals surface area contributed by atoms with Crippen molar-refractivity contribution in [1.29, 1.82) is 0 Å². The number of carboxylic acid groups (broad SMARTS) is 1. The van der Waals surface area contributed by atoms with Crippen LogP contribution in [0.5, 0.6) is 5.75 Å². The average molecular weight is 326 g/mol. The molecule has 0 fully saturated rings. The molecule has 0 aliphatic carbocycles. The lowest BCUT2D eigenvalue weighted by Crippen LogP contribution is -2.53. The number of amides is 1. The zero-order valence-electron chi connectivity index (χ0n) is 13.2. The normalized spacial score (nSPS) is 17.8. The molecular weight excluding hydrogens is 308 g/mol. The second kappa shape index (κ2) is 6.23. The summed E-state index contributed by atoms with van der Waals surface area (Å²) in [5, 5.41) is 9.34. The summed E-state index contributed by atoms with van der Waals surface area (Å²) in [5.74, 6) is -0.937. The van der Waals surface area contributed by atoms with Gasteiger partial charge < -0.3 is 15.6 Å². The summed E-state index contributed by atoms with van der Waals surface area (Å²) < 4.78 is 5.82. The Morgan fingerprint density at radius 2 is 2.04 bits per heavy atom. The quantitative estimate of drug-likeness (QED) is 0.839. The largest absolute Gasteiger partial charge is 0.480 e. The van der Waals surface area contributed by atoms with Crippen LogP contribution < -0.4 is 15.4 Å². The first-order chi connectivity index (χ1) is 11.5. The molecule has 3 rings (SSSR count). The number of carboxylic acids is 1. The number of nitrogens with two attached hydrogens (primary N) is 1. The Balaban J connectivity index is 1.96. The van der Waals surface area contributed by atoms with Crippen LogP contribution in [0.2, 0.25) is 0 Å². The lowest BCUT2D eigenvalue weighted by Gasteiger charge is -2.36. The van der Waals surface area contributed by atoms with E-state index < -0.39 is 18.1 Å². The predicted octanol–water partition coefficient (Wildman–Crippen LogP) is 2.08. The van der Waals surface area contributed by atoms with Crippen LogP contribution in [0.25, 0.3) is 0 Å². The van der Waals surface area contributed by atoms with Gasteiger partial charge in [-0.05, 0) is 36.8 Å². The van der Waals surface area contributed by atoms with Gasteiger partial charge in [0.05, 0.1) is 5.69 Å². The maximum absolute atomic E-state index is 12.8. The molecule has 0 saturated carbocycles. The zero-order chi connectivity index (χ0) is 17.3. The highest BCUT2D eigenvalue weighted by molar-refractivity contribution is 6.04. The van der Waals surface area contributed by atoms with Crippen LogP contribution >= 0.6 is 0 Å². The van der Waals surface area contributed by atoms with E-state index in [-0.39, 0.29) is 5.91 Å². The van der Waals surface area contributed by atoms with E-state index in [0.717, 1.165) is 5.56 Å². The maximum atomic E-state index is 12.8. The summed E-state index contributed by atoms with van der Waals surface area (Å²) in [4.78, 5) is 25.5. The van der Waals surface area contributed by atoms with Crippen molar-refractivity contribution in [3.8, 4) is 5.75 Å². The minimum absolute atomic E-state index is 0.320. The van der Waals surface area contributed by atoms with Crippen LogP contribution in [0.15, 0.2) is 48.5 Å². The van der Waals surface area contributed by atoms with Gasteiger partial charge in [0.15, 0.2) is 6.10 Å². The number of nitrogen functional groups attached to an aromatic ring is 1. The summed E-state index contributed by atoms with van der Waals surface area (Å²) in [5.41, 5.74) is 7.71. The van der Waals surface area contributed by atoms with E-state index in [1.54, 1.807) is 36.4 Å². The van der Waals surface area contributed by atoms with Gasteiger partial charge in [-0.1, -0.05) is 24.3 Å². The number of benzene rings is 2. The maximum Gasteiger partial charge on any atom is 0.326 e. The van der Waals surface area contributed by atoms with Crippen molar-refractivity contribution >= 4 is 23.3 Å². The van der Waals surface area contributed by atoms with Gasteiger partial charge in [0.2, 0.25) is 0 Å². The molecule has 1 aliphatic rings. The van der Waals surface area contributed by atoms with Gasteiger partial charge in [-0.15, -0.1) is 0 Å². The van der Waals surface area contributed by atoms with Crippen molar-refractivity contribution < 1.29 is 19.4 Å². The number of ether oxygens (including phenoxy) is 1. The topological polar surface area (TPSA) is 92.9 Å². The Bertz CT molecular complexity index is 790. The third-order valence-corrected chi connectivity index (χ3v) is 4.02. The first-order valence-electron chi connectivity index (χ1n) is 7.63. The Morgan fingerprint density at radius 3 is 2.75 bits per heavy atom. The summed E-state index contributed by atoms with van der Waals surface area (Å²) >= 11 is 0. The number of hydrogen-bond acceptors (Lipinski definition) is 4. The van der Waals surface area contributed by atoms with Gasteiger partial charge in [-0.2, -0.15) is 0 Å². The monoisotopic (exact) mass is 326 g/mol. The molecule has 24 heavy (non-hydrogen) atoms. The molecule has 1 aliphatic heterocycles. The molecule has 2 atom stereocenters. The molecule has 2 aromatic rings. The van der Waals surface area contributed by atoms with Crippen LogP contribution in [-0.4, -0.2) is 29.1 Å². The smallest absolute Gasteiger partial charge is 0.326 e. The number of fused-ring (bicyclic) bond motifs is 1. The Kier molecular flexibility index (Phi) is 4.12. The first kappa shape index (κ1) is 15.9. The Hall–Kier alpha value is -3.02. The molecule has 0 saturated heterocycles. The van der Waals surface area contributed by atoms with Crippen molar-refractivity contribution in [2.24, 2.45) is 0 Å². The molecule has 6 nitrogen and oxygen atoms in total. The van der Waals surface area contributed by atoms with Crippen molar-refractivity contribution in [2.75, 3.05) is 10.6 Å². The fourth-order valence-corrected chi connectivity index (χ4v) is 2.81. The fraction of sp³-hybridized carbons (Fsp3) is 0.222. The second-order valence-corrected chi connectivity index (χ2v) is 5.75. The highest BCUT2D eigenvalue weighted by atomic mass is 16.5. The molecule has 0 aromatic heterocycles. The van der Waals surface area contributed by atoms with Gasteiger partial charge in [0.1, 0.15) is 11.8 Å². The van der Waals surface area contributed by atoms with E-state index in [4.69, 9.17) is 10.5 Å². The Labute approximate surface area is 139 Å². The van der Waals surface area contributed by atoms with Crippen molar-refractivity contribution in [2.45, 2.75) is 25.5 Å². The molecule has 0 radical (unpaired) electrons. The highest BCUT2D eigenvalue weighted by Crippen LogP contribution is 2.35. The summed E-state index contributed by atoms with van der Waals surface area (Å²) in [6.07, 6.45) is -0.468. The number of carbonyl (C=O) groups excluding carboxylic acids is 1. The van der Waals surface area contributed by atoms with E-state index in [9.17, 15) is 14.7 Å². The van der Waals surface area contributed by atoms with Crippen molar-refractivity contribution in [3.05, 3.63) is 54.1 Å². The molecule has 3 N–H and O–H groups in total. The molecule has 2 aromatic carbocycles. The van der Waals surface area contributed by atoms with E-state index in [1.165, 1.54) is 11.8 Å². The van der Waals surface area contributed by atoms with Gasteiger partial charge in [0.25, 0.3) is 5.91 Å². The average Bonchev–Trinajstić information content (AvgIpc) is 2.55. The zero-order valence-corrected chi connectivity index (χ0v) is 13.2. The lowest BCUT2D eigenvalue weighted by atomic mass is 10.0. The minimum Gasteiger partial charge on any atom is -0.480 e. The van der Waals surface area contributed by atoms with Gasteiger partial charge in [-0.3, -0.25) is 9.69 Å². The number of nitrogens with zero attached hydrogens (tertiary/aromatic N) is 1. The number of aliphatic carboxylic acids is 1. The summed E-state index contributed by atoms with van der Waals surface area (Å²) in [7, 11) is 0. The molecule has 2 unspecified atom stereocenters. The molecule has 1 heterocycles. The summed E-state index contributed by atoms with van der Waals surface area (Å²) in [6, 6.07) is 13.2. The lowest BCUT2D eigenvalue weighted by molar-refractivity contribution is -0.140. The Morgan fingerprint density at radius 1 is 1.29 bits per heavy atom. The van der Waals surface area contributed by atoms with E-state index in [1.807, 2.05) is 12.1 Å². The third kappa shape index (κ3) is 2.90. The van der Waals surface area contributed by atoms with Crippen LogP contribution in [0, 0.1) is 0 Å². The minimum atomic E-state index is -1.07. The van der Waals surface area contributed by atoms with E-state index in [2.05, 4.69) is 0 Å². The number of hydrogen-bond donors (Lipinski definition) is 2. The summed E-state index contributed by atoms with van der Waals surface area (Å²) in [6.45, 7) is 1.49. The van der Waals surface area contributed by atoms with Crippen LogP contribution in [0.1, 0.15) is 12.5 Å². The van der Waals surface area contributed by atoms with E-state index in [0.29, 0.717) is 23.5 Å². The molecule has 0 bridgehead atoms. The predicted molar refractivity (Wildman–Crippen MR) is 90.0 cm³/mol. The van der Waals surface area contributed by atoms with Crippen LogP contribution in [0.3, 0.4) is 0 Å². The highest BCUT2D eigenvalue weighted by Gasteiger charge is 2.39. The van der Waals surface area contributed by atoms with Crippen molar-refractivity contribution in [1.82, 2.24) is 0 Å². The molecule has 0 spiro atoms. The number of para-hydroxylation sites is 2. The number of carbonyl (C=O) groups is 2. The van der Waals surface area contributed by atoms with Crippen molar-refractivity contribution in [3.63, 3.8) is 0 Å². The standard InChI is InChI=1S/C18H18N2O4/c1-11(18(22)23)20-14-7-2-3-8-15(14)24-16(17(20)21)10-12-5-4-6-13(19)9-12/h2-9,11,16H,10,19H2,1H3,(H,22,23). The van der Waals surface area contributed by atoms with Gasteiger partial charge in [-0.25, -0.2) is 4.79 Å². The van der Waals surface area contributed by atoms with E-state index >= 15 is 0 Å². The van der Waals surface area contributed by atoms with Crippen LogP contribution in [-0.2, 0) is 16.0 Å². The first-order valence-corrected chi connectivity index (χ1v) is 7.63. The molecule has 6 heteroatoms. The van der Waals surface area contributed by atoms with Crippen LogP contribution in [0.4, 0.5) is 11.4 Å². The number of anilines is 2. The number of rotatable bonds is 4. The fourth-order valence-electron chi connectivity index (χ4n) is 2.81.